The Hall–Kier alpha value is -2.24. The van der Waals surface area contributed by atoms with E-state index in [-0.39, 0.29) is 6.03 Å². The molecule has 0 aliphatic heterocycles. The first-order valence-electron chi connectivity index (χ1n) is 9.53. The quantitative estimate of drug-likeness (QED) is 0.712. The van der Waals surface area contributed by atoms with Crippen molar-refractivity contribution >= 4 is 17.8 Å². The van der Waals surface area contributed by atoms with Gasteiger partial charge in [0.25, 0.3) is 0 Å². The number of nitrogens with one attached hydrogen (secondary N) is 3. The van der Waals surface area contributed by atoms with E-state index in [4.69, 9.17) is 4.74 Å². The predicted octanol–water partition coefficient (Wildman–Crippen LogP) is 4.43. The number of hydrogen-bond donors (Lipinski definition) is 3. The monoisotopic (exact) mass is 375 g/mol. The van der Waals surface area contributed by atoms with Crippen LogP contribution >= 0.6 is 0 Å². The highest BCUT2D eigenvalue weighted by atomic mass is 16.6. The maximum absolute atomic E-state index is 12.7. The molecule has 1 aromatic carbocycles. The highest BCUT2D eigenvalue weighted by Gasteiger charge is 2.43. The van der Waals surface area contributed by atoms with Crippen LogP contribution in [-0.4, -0.2) is 29.8 Å². The second-order valence-corrected chi connectivity index (χ2v) is 8.90. The molecule has 1 fully saturated rings. The summed E-state index contributed by atoms with van der Waals surface area (Å²) in [6, 6.07) is 3.84. The fourth-order valence-corrected chi connectivity index (χ4v) is 3.36. The number of alkyl carbamates (subject to hydrolysis) is 1. The third kappa shape index (κ3) is 6.15. The van der Waals surface area contributed by atoms with E-state index in [1.165, 1.54) is 5.56 Å². The molecule has 2 rings (SSSR count). The SMILES string of the molecule is Cc1cc(C)c(NC(=O)N[C@](C)(CNC(=O)OC(C)(C)C)C2CC2)c(C)c1. The van der Waals surface area contributed by atoms with Crippen molar-refractivity contribution < 1.29 is 14.3 Å². The molecule has 0 aromatic heterocycles. The lowest BCUT2D eigenvalue weighted by atomic mass is 9.96. The van der Waals surface area contributed by atoms with Gasteiger partial charge in [0.15, 0.2) is 0 Å². The highest BCUT2D eigenvalue weighted by molar-refractivity contribution is 5.91. The summed E-state index contributed by atoms with van der Waals surface area (Å²) in [6.07, 6.45) is 1.60. The van der Waals surface area contributed by atoms with Gasteiger partial charge in [0.05, 0.1) is 5.54 Å². The number of anilines is 1. The Morgan fingerprint density at radius 3 is 2.11 bits per heavy atom. The van der Waals surface area contributed by atoms with Gasteiger partial charge in [-0.05, 0) is 78.4 Å². The van der Waals surface area contributed by atoms with Gasteiger partial charge >= 0.3 is 12.1 Å². The number of aryl methyl sites for hydroxylation is 3. The maximum atomic E-state index is 12.7. The molecule has 0 heterocycles. The van der Waals surface area contributed by atoms with Crippen LogP contribution in [-0.2, 0) is 4.74 Å². The molecule has 0 saturated heterocycles. The Morgan fingerprint density at radius 1 is 1.07 bits per heavy atom. The first-order valence-corrected chi connectivity index (χ1v) is 9.53. The summed E-state index contributed by atoms with van der Waals surface area (Å²) < 4.78 is 5.30. The van der Waals surface area contributed by atoms with Gasteiger partial charge in [-0.3, -0.25) is 0 Å². The smallest absolute Gasteiger partial charge is 0.407 e. The Kier molecular flexibility index (Phi) is 6.07. The zero-order valence-corrected chi connectivity index (χ0v) is 17.6. The molecule has 27 heavy (non-hydrogen) atoms. The van der Waals surface area contributed by atoms with E-state index in [0.29, 0.717) is 12.5 Å². The van der Waals surface area contributed by atoms with Crippen LogP contribution in [0.2, 0.25) is 0 Å². The molecule has 6 heteroatoms. The highest BCUT2D eigenvalue weighted by Crippen LogP contribution is 2.39. The second-order valence-electron chi connectivity index (χ2n) is 8.90. The number of rotatable bonds is 5. The van der Waals surface area contributed by atoms with Gasteiger partial charge in [-0.25, -0.2) is 9.59 Å². The van der Waals surface area contributed by atoms with Crippen LogP contribution in [0, 0.1) is 26.7 Å². The summed E-state index contributed by atoms with van der Waals surface area (Å²) >= 11 is 0. The lowest BCUT2D eigenvalue weighted by molar-refractivity contribution is 0.0509. The fourth-order valence-electron chi connectivity index (χ4n) is 3.36. The average molecular weight is 376 g/mol. The van der Waals surface area contributed by atoms with E-state index >= 15 is 0 Å². The number of carbonyl (C=O) groups excluding carboxylic acids is 2. The van der Waals surface area contributed by atoms with E-state index in [0.717, 1.165) is 29.7 Å². The molecule has 0 unspecified atom stereocenters. The fraction of sp³-hybridized carbons (Fsp3) is 0.619. The number of hydrogen-bond acceptors (Lipinski definition) is 3. The van der Waals surface area contributed by atoms with Crippen molar-refractivity contribution in [3.8, 4) is 0 Å². The largest absolute Gasteiger partial charge is 0.444 e. The van der Waals surface area contributed by atoms with Crippen molar-refractivity contribution in [3.63, 3.8) is 0 Å². The minimum absolute atomic E-state index is 0.259. The maximum Gasteiger partial charge on any atom is 0.407 e. The van der Waals surface area contributed by atoms with Crippen LogP contribution in [0.3, 0.4) is 0 Å². The Balaban J connectivity index is 2.01. The lowest BCUT2D eigenvalue weighted by Gasteiger charge is -2.32. The predicted molar refractivity (Wildman–Crippen MR) is 108 cm³/mol. The molecule has 1 aliphatic rings. The molecule has 3 N–H and O–H groups in total. The number of carbonyl (C=O) groups is 2. The van der Waals surface area contributed by atoms with E-state index in [9.17, 15) is 9.59 Å². The molecule has 1 saturated carbocycles. The van der Waals surface area contributed by atoms with Gasteiger partial charge < -0.3 is 20.7 Å². The van der Waals surface area contributed by atoms with Crippen molar-refractivity contribution in [1.82, 2.24) is 10.6 Å². The minimum atomic E-state index is -0.550. The second kappa shape index (κ2) is 7.79. The van der Waals surface area contributed by atoms with Gasteiger partial charge in [0, 0.05) is 12.2 Å². The number of urea groups is 1. The Bertz CT molecular complexity index is 697. The van der Waals surface area contributed by atoms with Crippen molar-refractivity contribution in [2.24, 2.45) is 5.92 Å². The normalized spacial score (nSPS) is 16.3. The van der Waals surface area contributed by atoms with Crippen molar-refractivity contribution in [1.29, 1.82) is 0 Å². The van der Waals surface area contributed by atoms with Crippen LogP contribution in [0.15, 0.2) is 12.1 Å². The summed E-state index contributed by atoms with van der Waals surface area (Å²) in [6.45, 7) is 13.8. The van der Waals surface area contributed by atoms with Crippen LogP contribution in [0.4, 0.5) is 15.3 Å². The molecule has 1 aliphatic carbocycles. The molecule has 1 atom stereocenters. The van der Waals surface area contributed by atoms with E-state index in [2.05, 4.69) is 16.0 Å². The van der Waals surface area contributed by atoms with Gasteiger partial charge in [-0.1, -0.05) is 17.7 Å². The summed E-state index contributed by atoms with van der Waals surface area (Å²) in [4.78, 5) is 24.6. The molecule has 0 bridgehead atoms. The number of amides is 3. The lowest BCUT2D eigenvalue weighted by Crippen LogP contribution is -2.56. The first kappa shape index (κ1) is 21.1. The zero-order chi connectivity index (χ0) is 20.4. The number of ether oxygens (including phenoxy) is 1. The molecular formula is C21H33N3O3. The van der Waals surface area contributed by atoms with E-state index in [1.807, 2.05) is 60.6 Å². The van der Waals surface area contributed by atoms with Crippen LogP contribution in [0.25, 0.3) is 0 Å². The van der Waals surface area contributed by atoms with Crippen molar-refractivity contribution in [2.75, 3.05) is 11.9 Å². The summed E-state index contributed by atoms with van der Waals surface area (Å²) in [5.74, 6) is 0.346. The van der Waals surface area contributed by atoms with Gasteiger partial charge in [-0.15, -0.1) is 0 Å². The van der Waals surface area contributed by atoms with Gasteiger partial charge in [0.1, 0.15) is 5.60 Å². The van der Waals surface area contributed by atoms with E-state index in [1.54, 1.807) is 0 Å². The topological polar surface area (TPSA) is 79.5 Å². The standard InChI is InChI=1S/C21H33N3O3/c1-13-10-14(2)17(15(3)11-13)23-18(25)24-21(7,16-8-9-16)12-22-19(26)27-20(4,5)6/h10-11,16H,8-9,12H2,1-7H3,(H,22,26)(H2,23,24,25)/t21-/m1/s1. The van der Waals surface area contributed by atoms with Crippen LogP contribution in [0.1, 0.15) is 57.2 Å². The first-order chi connectivity index (χ1) is 12.4. The molecule has 1 aromatic rings. The van der Waals surface area contributed by atoms with Crippen molar-refractivity contribution in [2.45, 2.75) is 72.4 Å². The Labute approximate surface area is 162 Å². The summed E-state index contributed by atoms with van der Waals surface area (Å²) in [7, 11) is 0. The number of benzene rings is 1. The van der Waals surface area contributed by atoms with Gasteiger partial charge in [-0.2, -0.15) is 0 Å². The molecule has 0 spiro atoms. The van der Waals surface area contributed by atoms with Crippen LogP contribution in [0.5, 0.6) is 0 Å². The molecule has 150 valence electrons. The van der Waals surface area contributed by atoms with E-state index < -0.39 is 17.2 Å². The van der Waals surface area contributed by atoms with Crippen LogP contribution < -0.4 is 16.0 Å². The minimum Gasteiger partial charge on any atom is -0.444 e. The van der Waals surface area contributed by atoms with Crippen molar-refractivity contribution in [3.05, 3.63) is 28.8 Å². The third-order valence-corrected chi connectivity index (χ3v) is 4.79. The third-order valence-electron chi connectivity index (χ3n) is 4.79. The van der Waals surface area contributed by atoms with Gasteiger partial charge in [0.2, 0.25) is 0 Å². The molecule has 0 radical (unpaired) electrons. The molecule has 6 nitrogen and oxygen atoms in total. The summed E-state index contributed by atoms with van der Waals surface area (Å²) in [5, 5.41) is 8.84. The zero-order valence-electron chi connectivity index (χ0n) is 17.6. The Morgan fingerprint density at radius 2 is 1.63 bits per heavy atom. The molecule has 3 amide bonds. The molecular weight excluding hydrogens is 342 g/mol. The summed E-state index contributed by atoms with van der Waals surface area (Å²) in [5.41, 5.74) is 2.99. The average Bonchev–Trinajstić information content (AvgIpc) is 3.32.